The Hall–Kier alpha value is -2.18. The van der Waals surface area contributed by atoms with Crippen LogP contribution in [0.4, 0.5) is 11.8 Å². The zero-order valence-electron chi connectivity index (χ0n) is 19.1. The van der Waals surface area contributed by atoms with Gasteiger partial charge in [-0.2, -0.15) is 4.98 Å². The maximum absolute atomic E-state index is 10.3. The standard InChI is InChI=1S/C24H36N4O2/c1-15(2)20-12-22(27-23(25-20)26-21(14-29)16(3)4)28-10-9-17-11-19(24(5,6)30)8-7-18(17)13-28/h7-8,11-12,15-16,21,29-30H,9-10,13-14H2,1-6H3,(H,25,26,27)/t21-/m1/s1. The molecule has 0 bridgehead atoms. The minimum absolute atomic E-state index is 0.0445. The first-order chi connectivity index (χ1) is 14.1. The minimum atomic E-state index is -0.828. The number of anilines is 2. The molecule has 1 atom stereocenters. The van der Waals surface area contributed by atoms with Gasteiger partial charge in [0, 0.05) is 19.2 Å². The molecular formula is C24H36N4O2. The van der Waals surface area contributed by atoms with E-state index in [2.05, 4.69) is 56.1 Å². The normalized spacial score (nSPS) is 15.5. The monoisotopic (exact) mass is 412 g/mol. The summed E-state index contributed by atoms with van der Waals surface area (Å²) < 4.78 is 0. The van der Waals surface area contributed by atoms with Gasteiger partial charge in [0.15, 0.2) is 0 Å². The first-order valence-corrected chi connectivity index (χ1v) is 10.9. The summed E-state index contributed by atoms with van der Waals surface area (Å²) in [4.78, 5) is 11.8. The predicted molar refractivity (Wildman–Crippen MR) is 122 cm³/mol. The Morgan fingerprint density at radius 1 is 1.10 bits per heavy atom. The van der Waals surface area contributed by atoms with Gasteiger partial charge < -0.3 is 20.4 Å². The van der Waals surface area contributed by atoms with Crippen LogP contribution in [0.3, 0.4) is 0 Å². The molecule has 3 rings (SSSR count). The van der Waals surface area contributed by atoms with Crippen LogP contribution in [0.2, 0.25) is 0 Å². The van der Waals surface area contributed by atoms with Crippen molar-refractivity contribution in [3.05, 3.63) is 46.6 Å². The summed E-state index contributed by atoms with van der Waals surface area (Å²) >= 11 is 0. The number of rotatable bonds is 7. The molecule has 1 aromatic carbocycles. The third-order valence-electron chi connectivity index (χ3n) is 5.89. The van der Waals surface area contributed by atoms with Gasteiger partial charge in [-0.15, -0.1) is 0 Å². The number of nitrogens with zero attached hydrogens (tertiary/aromatic N) is 3. The lowest BCUT2D eigenvalue weighted by molar-refractivity contribution is 0.0785. The van der Waals surface area contributed by atoms with Gasteiger partial charge in [0.25, 0.3) is 0 Å². The Bertz CT molecular complexity index is 874. The third-order valence-corrected chi connectivity index (χ3v) is 5.89. The zero-order valence-corrected chi connectivity index (χ0v) is 19.1. The van der Waals surface area contributed by atoms with Gasteiger partial charge in [0.1, 0.15) is 5.82 Å². The van der Waals surface area contributed by atoms with E-state index in [4.69, 9.17) is 9.97 Å². The second-order valence-corrected chi connectivity index (χ2v) is 9.52. The van der Waals surface area contributed by atoms with E-state index >= 15 is 0 Å². The van der Waals surface area contributed by atoms with Gasteiger partial charge >= 0.3 is 0 Å². The predicted octanol–water partition coefficient (Wildman–Crippen LogP) is 3.82. The summed E-state index contributed by atoms with van der Waals surface area (Å²) in [6.07, 6.45) is 0.911. The van der Waals surface area contributed by atoms with Crippen molar-refractivity contribution in [2.75, 3.05) is 23.4 Å². The van der Waals surface area contributed by atoms with Crippen LogP contribution in [-0.2, 0) is 18.6 Å². The number of aliphatic hydroxyl groups is 2. The molecule has 2 aromatic rings. The second-order valence-electron chi connectivity index (χ2n) is 9.52. The number of hydrogen-bond donors (Lipinski definition) is 3. The summed E-state index contributed by atoms with van der Waals surface area (Å²) in [5, 5.41) is 23.3. The van der Waals surface area contributed by atoms with Crippen molar-refractivity contribution >= 4 is 11.8 Å². The van der Waals surface area contributed by atoms with Crippen LogP contribution in [0.5, 0.6) is 0 Å². The average molecular weight is 413 g/mol. The number of benzene rings is 1. The smallest absolute Gasteiger partial charge is 0.225 e. The van der Waals surface area contributed by atoms with Crippen molar-refractivity contribution in [3.63, 3.8) is 0 Å². The fourth-order valence-corrected chi connectivity index (χ4v) is 3.69. The first-order valence-electron chi connectivity index (χ1n) is 10.9. The first kappa shape index (κ1) is 22.5. The lowest BCUT2D eigenvalue weighted by Gasteiger charge is -2.32. The van der Waals surface area contributed by atoms with E-state index in [9.17, 15) is 10.2 Å². The highest BCUT2D eigenvalue weighted by atomic mass is 16.3. The van der Waals surface area contributed by atoms with Gasteiger partial charge in [-0.1, -0.05) is 45.9 Å². The summed E-state index contributed by atoms with van der Waals surface area (Å²) in [5.41, 5.74) is 3.68. The summed E-state index contributed by atoms with van der Waals surface area (Å²) in [6, 6.07) is 8.27. The van der Waals surface area contributed by atoms with Crippen molar-refractivity contribution in [3.8, 4) is 0 Å². The van der Waals surface area contributed by atoms with E-state index in [0.29, 0.717) is 5.95 Å². The summed E-state index contributed by atoms with van der Waals surface area (Å²) in [6.45, 7) is 13.7. The molecule has 2 heterocycles. The van der Waals surface area contributed by atoms with Crippen molar-refractivity contribution in [2.45, 2.75) is 72.1 Å². The second kappa shape index (κ2) is 8.90. The quantitative estimate of drug-likeness (QED) is 0.641. The van der Waals surface area contributed by atoms with Crippen LogP contribution in [0.25, 0.3) is 0 Å². The highest BCUT2D eigenvalue weighted by Crippen LogP contribution is 2.29. The number of hydrogen-bond acceptors (Lipinski definition) is 6. The number of nitrogens with one attached hydrogen (secondary N) is 1. The lowest BCUT2D eigenvalue weighted by Crippen LogP contribution is -2.33. The Labute approximate surface area is 180 Å². The molecule has 3 N–H and O–H groups in total. The maximum Gasteiger partial charge on any atom is 0.225 e. The van der Waals surface area contributed by atoms with Gasteiger partial charge in [0.05, 0.1) is 23.9 Å². The largest absolute Gasteiger partial charge is 0.394 e. The van der Waals surface area contributed by atoms with Crippen LogP contribution >= 0.6 is 0 Å². The third kappa shape index (κ3) is 5.10. The van der Waals surface area contributed by atoms with Crippen LogP contribution in [0.1, 0.15) is 69.8 Å². The van der Waals surface area contributed by atoms with Gasteiger partial charge in [-0.25, -0.2) is 4.98 Å². The fourth-order valence-electron chi connectivity index (χ4n) is 3.69. The van der Waals surface area contributed by atoms with Crippen molar-refractivity contribution in [1.29, 1.82) is 0 Å². The molecule has 6 nitrogen and oxygen atoms in total. The molecule has 1 aliphatic heterocycles. The Kier molecular flexibility index (Phi) is 6.68. The molecule has 0 aliphatic carbocycles. The Balaban J connectivity index is 1.88. The fraction of sp³-hybridized carbons (Fsp3) is 0.583. The average Bonchev–Trinajstić information content (AvgIpc) is 2.70. The van der Waals surface area contributed by atoms with E-state index in [-0.39, 0.29) is 24.5 Å². The molecule has 0 saturated heterocycles. The van der Waals surface area contributed by atoms with Gasteiger partial charge in [-0.05, 0) is 48.8 Å². The van der Waals surface area contributed by atoms with Crippen molar-refractivity contribution < 1.29 is 10.2 Å². The SMILES string of the molecule is CC(C)c1cc(N2CCc3cc(C(C)(C)O)ccc3C2)nc(N[C@H](CO)C(C)C)n1. The Morgan fingerprint density at radius 2 is 1.83 bits per heavy atom. The van der Waals surface area contributed by atoms with E-state index < -0.39 is 5.60 Å². The van der Waals surface area contributed by atoms with E-state index in [0.717, 1.165) is 36.6 Å². The number of fused-ring (bicyclic) bond motifs is 1. The molecule has 0 amide bonds. The lowest BCUT2D eigenvalue weighted by atomic mass is 9.91. The zero-order chi connectivity index (χ0) is 22.1. The van der Waals surface area contributed by atoms with Gasteiger partial charge in [-0.3, -0.25) is 0 Å². The molecular weight excluding hydrogens is 376 g/mol. The van der Waals surface area contributed by atoms with E-state index in [1.54, 1.807) is 0 Å². The topological polar surface area (TPSA) is 81.5 Å². The minimum Gasteiger partial charge on any atom is -0.394 e. The maximum atomic E-state index is 10.3. The molecule has 164 valence electrons. The number of aliphatic hydroxyl groups excluding tert-OH is 1. The van der Waals surface area contributed by atoms with Crippen LogP contribution < -0.4 is 10.2 Å². The molecule has 1 aliphatic rings. The Morgan fingerprint density at radius 3 is 2.43 bits per heavy atom. The van der Waals surface area contributed by atoms with Crippen LogP contribution in [0, 0.1) is 5.92 Å². The van der Waals surface area contributed by atoms with Crippen molar-refractivity contribution in [2.24, 2.45) is 5.92 Å². The van der Waals surface area contributed by atoms with Crippen molar-refractivity contribution in [1.82, 2.24) is 9.97 Å². The van der Waals surface area contributed by atoms with Crippen LogP contribution in [-0.4, -0.2) is 39.4 Å². The molecule has 0 spiro atoms. The summed E-state index contributed by atoms with van der Waals surface area (Å²) in [5.74, 6) is 2.04. The van der Waals surface area contributed by atoms with Crippen LogP contribution in [0.15, 0.2) is 24.3 Å². The molecule has 6 heteroatoms. The highest BCUT2D eigenvalue weighted by molar-refractivity contribution is 5.49. The summed E-state index contributed by atoms with van der Waals surface area (Å²) in [7, 11) is 0. The molecule has 0 saturated carbocycles. The molecule has 1 aromatic heterocycles. The van der Waals surface area contributed by atoms with Gasteiger partial charge in [0.2, 0.25) is 5.95 Å². The van der Waals surface area contributed by atoms with E-state index in [1.807, 2.05) is 19.9 Å². The molecule has 0 radical (unpaired) electrons. The molecule has 30 heavy (non-hydrogen) atoms. The van der Waals surface area contributed by atoms with E-state index in [1.165, 1.54) is 11.1 Å². The molecule has 0 unspecified atom stereocenters. The molecule has 0 fully saturated rings. The highest BCUT2D eigenvalue weighted by Gasteiger charge is 2.23. The number of aromatic nitrogens is 2.